The van der Waals surface area contributed by atoms with Crippen molar-refractivity contribution < 1.29 is 23.8 Å². The molecule has 0 aromatic heterocycles. The van der Waals surface area contributed by atoms with Crippen molar-refractivity contribution in [3.8, 4) is 17.2 Å². The molecule has 0 bridgehead atoms. The minimum Gasteiger partial charge on any atom is -0.493 e. The summed E-state index contributed by atoms with van der Waals surface area (Å²) in [7, 11) is 2.88. The fraction of sp³-hybridized carbons (Fsp3) is 0.500. The third-order valence-corrected chi connectivity index (χ3v) is 3.18. The molecule has 0 aliphatic rings. The van der Waals surface area contributed by atoms with E-state index in [4.69, 9.17) is 19.9 Å². The van der Waals surface area contributed by atoms with Gasteiger partial charge in [0.05, 0.1) is 14.2 Å². The smallest absolute Gasteiger partial charge is 0.255 e. The van der Waals surface area contributed by atoms with Gasteiger partial charge in [0, 0.05) is 11.6 Å². The lowest BCUT2D eigenvalue weighted by Crippen LogP contribution is -2.32. The lowest BCUT2D eigenvalue weighted by Gasteiger charge is -2.17. The zero-order chi connectivity index (χ0) is 17.4. The summed E-state index contributed by atoms with van der Waals surface area (Å²) in [6.07, 6.45) is 1.87. The number of primary amides is 1. The second-order valence-electron chi connectivity index (χ2n) is 5.13. The molecule has 128 valence electrons. The highest BCUT2D eigenvalue weighted by molar-refractivity contribution is 5.95. The molecule has 0 saturated heterocycles. The van der Waals surface area contributed by atoms with E-state index in [1.165, 1.54) is 26.4 Å². The van der Waals surface area contributed by atoms with Crippen molar-refractivity contribution in [3.63, 3.8) is 0 Å². The molecule has 1 rings (SSSR count). The number of ether oxygens (including phenoxy) is 3. The van der Waals surface area contributed by atoms with Crippen molar-refractivity contribution in [2.45, 2.75) is 32.7 Å². The highest BCUT2D eigenvalue weighted by atomic mass is 16.5. The number of amides is 2. The topological polar surface area (TPSA) is 99.9 Å². The molecule has 0 spiro atoms. The number of hydrogen-bond donors (Lipinski definition) is 2. The van der Waals surface area contributed by atoms with Gasteiger partial charge in [-0.05, 0) is 25.5 Å². The summed E-state index contributed by atoms with van der Waals surface area (Å²) in [5.41, 5.74) is 5.46. The first-order valence-corrected chi connectivity index (χ1v) is 7.40. The number of benzene rings is 1. The molecule has 1 aromatic carbocycles. The summed E-state index contributed by atoms with van der Waals surface area (Å²) in [4.78, 5) is 23.2. The normalized spacial score (nSPS) is 11.5. The summed E-state index contributed by atoms with van der Waals surface area (Å²) >= 11 is 0. The monoisotopic (exact) mass is 324 g/mol. The molecular weight excluding hydrogens is 300 g/mol. The van der Waals surface area contributed by atoms with Crippen LogP contribution in [0.2, 0.25) is 0 Å². The van der Waals surface area contributed by atoms with Crippen molar-refractivity contribution in [1.29, 1.82) is 0 Å². The lowest BCUT2D eigenvalue weighted by molar-refractivity contribution is -0.120. The average Bonchev–Trinajstić information content (AvgIpc) is 2.51. The molecule has 1 unspecified atom stereocenters. The maximum Gasteiger partial charge on any atom is 0.255 e. The Bertz CT molecular complexity index is 534. The van der Waals surface area contributed by atoms with Gasteiger partial charge in [-0.1, -0.05) is 13.3 Å². The van der Waals surface area contributed by atoms with Crippen molar-refractivity contribution in [2.75, 3.05) is 20.8 Å². The van der Waals surface area contributed by atoms with Gasteiger partial charge in [0.2, 0.25) is 5.75 Å². The van der Waals surface area contributed by atoms with Crippen molar-refractivity contribution in [1.82, 2.24) is 5.32 Å². The average molecular weight is 324 g/mol. The van der Waals surface area contributed by atoms with Crippen LogP contribution in [0.5, 0.6) is 17.2 Å². The summed E-state index contributed by atoms with van der Waals surface area (Å²) in [6.45, 7) is 3.69. The van der Waals surface area contributed by atoms with E-state index in [9.17, 15) is 9.59 Å². The Balaban J connectivity index is 3.07. The van der Waals surface area contributed by atoms with Gasteiger partial charge in [0.15, 0.2) is 18.1 Å². The van der Waals surface area contributed by atoms with Gasteiger partial charge >= 0.3 is 0 Å². The summed E-state index contributed by atoms with van der Waals surface area (Å²) in [5.74, 6) is -0.0435. The molecule has 0 aliphatic carbocycles. The molecular formula is C16H24N2O5. The maximum absolute atomic E-state index is 12.3. The minimum absolute atomic E-state index is 0.0651. The maximum atomic E-state index is 12.3. The van der Waals surface area contributed by atoms with E-state index in [1.54, 1.807) is 0 Å². The number of carbonyl (C=O) groups is 2. The first-order valence-electron chi connectivity index (χ1n) is 7.40. The number of carbonyl (C=O) groups excluding carboxylic acids is 2. The van der Waals surface area contributed by atoms with Crippen LogP contribution in [-0.2, 0) is 4.79 Å². The van der Waals surface area contributed by atoms with Gasteiger partial charge in [-0.2, -0.15) is 0 Å². The van der Waals surface area contributed by atoms with Crippen molar-refractivity contribution in [2.24, 2.45) is 5.73 Å². The molecule has 7 heteroatoms. The highest BCUT2D eigenvalue weighted by Crippen LogP contribution is 2.38. The van der Waals surface area contributed by atoms with Gasteiger partial charge in [-0.3, -0.25) is 9.59 Å². The summed E-state index contributed by atoms with van der Waals surface area (Å²) in [5, 5.41) is 2.90. The molecule has 3 N–H and O–H groups in total. The van der Waals surface area contributed by atoms with Crippen LogP contribution < -0.4 is 25.3 Å². The van der Waals surface area contributed by atoms with Gasteiger partial charge in [0.1, 0.15) is 0 Å². The fourth-order valence-corrected chi connectivity index (χ4v) is 2.11. The lowest BCUT2D eigenvalue weighted by atomic mass is 10.1. The predicted molar refractivity (Wildman–Crippen MR) is 86.1 cm³/mol. The standard InChI is InChI=1S/C16H24N2O5/c1-5-6-10(2)18-16(20)11-7-12(21-3)15(13(8-11)22-4)23-9-14(17)19/h7-8,10H,5-6,9H2,1-4H3,(H2,17,19)(H,18,20). The van der Waals surface area contributed by atoms with E-state index in [0.717, 1.165) is 12.8 Å². The van der Waals surface area contributed by atoms with Crippen LogP contribution in [0.4, 0.5) is 0 Å². The zero-order valence-corrected chi connectivity index (χ0v) is 14.0. The van der Waals surface area contributed by atoms with Gasteiger partial charge in [-0.25, -0.2) is 0 Å². The third-order valence-electron chi connectivity index (χ3n) is 3.18. The third kappa shape index (κ3) is 5.36. The number of nitrogens with two attached hydrogens (primary N) is 1. The molecule has 1 atom stereocenters. The second-order valence-corrected chi connectivity index (χ2v) is 5.13. The van der Waals surface area contributed by atoms with Crippen LogP contribution >= 0.6 is 0 Å². The summed E-state index contributed by atoms with van der Waals surface area (Å²) in [6, 6.07) is 3.13. The largest absolute Gasteiger partial charge is 0.493 e. The van der Waals surface area contributed by atoms with Crippen LogP contribution in [0, 0.1) is 0 Å². The SMILES string of the molecule is CCCC(C)NC(=O)c1cc(OC)c(OCC(N)=O)c(OC)c1. The van der Waals surface area contributed by atoms with Crippen molar-refractivity contribution in [3.05, 3.63) is 17.7 Å². The minimum atomic E-state index is -0.621. The summed E-state index contributed by atoms with van der Waals surface area (Å²) < 4.78 is 15.8. The Labute approximate surface area is 136 Å². The Hall–Kier alpha value is -2.44. The Morgan fingerprint density at radius 2 is 1.78 bits per heavy atom. The first kappa shape index (κ1) is 18.6. The van der Waals surface area contributed by atoms with Crippen LogP contribution in [0.15, 0.2) is 12.1 Å². The molecule has 2 amide bonds. The molecule has 0 radical (unpaired) electrons. The van der Waals surface area contributed by atoms with Crippen LogP contribution in [0.1, 0.15) is 37.0 Å². The molecule has 0 fully saturated rings. The number of nitrogens with one attached hydrogen (secondary N) is 1. The molecule has 23 heavy (non-hydrogen) atoms. The Morgan fingerprint density at radius 1 is 1.22 bits per heavy atom. The van der Waals surface area contributed by atoms with E-state index >= 15 is 0 Å². The molecule has 7 nitrogen and oxygen atoms in total. The van der Waals surface area contributed by atoms with Gasteiger partial charge in [-0.15, -0.1) is 0 Å². The Morgan fingerprint density at radius 3 is 2.22 bits per heavy atom. The molecule has 0 saturated carbocycles. The van der Waals surface area contributed by atoms with E-state index in [1.807, 2.05) is 6.92 Å². The van der Waals surface area contributed by atoms with Crippen LogP contribution in [0.25, 0.3) is 0 Å². The zero-order valence-electron chi connectivity index (χ0n) is 14.0. The predicted octanol–water partition coefficient (Wildman–Crippen LogP) is 1.49. The molecule has 1 aromatic rings. The number of methoxy groups -OCH3 is 2. The van der Waals surface area contributed by atoms with E-state index in [-0.39, 0.29) is 24.3 Å². The quantitative estimate of drug-likeness (QED) is 0.717. The second kappa shape index (κ2) is 8.87. The van der Waals surface area contributed by atoms with E-state index < -0.39 is 5.91 Å². The highest BCUT2D eigenvalue weighted by Gasteiger charge is 2.19. The van der Waals surface area contributed by atoms with Crippen LogP contribution in [0.3, 0.4) is 0 Å². The van der Waals surface area contributed by atoms with Gasteiger partial charge < -0.3 is 25.3 Å². The van der Waals surface area contributed by atoms with E-state index in [0.29, 0.717) is 17.1 Å². The number of rotatable bonds is 9. The van der Waals surface area contributed by atoms with Gasteiger partial charge in [0.25, 0.3) is 11.8 Å². The first-order chi connectivity index (χ1) is 10.9. The van der Waals surface area contributed by atoms with E-state index in [2.05, 4.69) is 12.2 Å². The molecule has 0 heterocycles. The Kier molecular flexibility index (Phi) is 7.18. The molecule has 0 aliphatic heterocycles. The number of hydrogen-bond acceptors (Lipinski definition) is 5. The fourth-order valence-electron chi connectivity index (χ4n) is 2.11. The van der Waals surface area contributed by atoms with Crippen LogP contribution in [-0.4, -0.2) is 38.7 Å². The van der Waals surface area contributed by atoms with Crippen molar-refractivity contribution >= 4 is 11.8 Å².